The molecule has 0 bridgehead atoms. The maximum atomic E-state index is 11.8. The topological polar surface area (TPSA) is 84.3 Å². The maximum Gasteiger partial charge on any atom is 0.293 e. The Balaban J connectivity index is 2.29. The molecule has 1 aromatic rings. The third-order valence-corrected chi connectivity index (χ3v) is 4.18. The summed E-state index contributed by atoms with van der Waals surface area (Å²) in [6.07, 6.45) is 4.13. The molecule has 2 rings (SSSR count). The highest BCUT2D eigenvalue weighted by Crippen LogP contribution is 2.40. The van der Waals surface area contributed by atoms with E-state index in [2.05, 4.69) is 17.6 Å². The zero-order valence-corrected chi connectivity index (χ0v) is 12.4. The fraction of sp³-hybridized carbons (Fsp3) is 0.533. The molecule has 0 aliphatic heterocycles. The second-order valence-corrected chi connectivity index (χ2v) is 5.46. The van der Waals surface area contributed by atoms with Gasteiger partial charge in [0, 0.05) is 23.7 Å². The Hall–Kier alpha value is -2.11. The van der Waals surface area contributed by atoms with Crippen LogP contribution in [-0.2, 0) is 0 Å². The zero-order chi connectivity index (χ0) is 15.5. The molecule has 1 saturated carbocycles. The van der Waals surface area contributed by atoms with Gasteiger partial charge in [-0.2, -0.15) is 0 Å². The summed E-state index contributed by atoms with van der Waals surface area (Å²) < 4.78 is 0. The fourth-order valence-electron chi connectivity index (χ4n) is 2.65. The van der Waals surface area contributed by atoms with Gasteiger partial charge in [-0.3, -0.25) is 14.9 Å². The average molecular weight is 291 g/mol. The number of benzene rings is 1. The van der Waals surface area contributed by atoms with E-state index in [-0.39, 0.29) is 17.1 Å². The van der Waals surface area contributed by atoms with Crippen LogP contribution in [0.3, 0.4) is 0 Å². The van der Waals surface area contributed by atoms with Crippen molar-refractivity contribution in [2.24, 2.45) is 0 Å². The first-order valence-corrected chi connectivity index (χ1v) is 7.36. The molecule has 1 aromatic carbocycles. The van der Waals surface area contributed by atoms with Gasteiger partial charge < -0.3 is 10.6 Å². The van der Waals surface area contributed by atoms with Crippen LogP contribution >= 0.6 is 0 Å². The van der Waals surface area contributed by atoms with Crippen LogP contribution in [0.5, 0.6) is 0 Å². The Kier molecular flexibility index (Phi) is 4.45. The van der Waals surface area contributed by atoms with Crippen molar-refractivity contribution >= 4 is 17.3 Å². The van der Waals surface area contributed by atoms with Gasteiger partial charge in [-0.05, 0) is 44.7 Å². The number of amides is 1. The number of nitro groups is 1. The zero-order valence-electron chi connectivity index (χ0n) is 12.4. The molecule has 0 atom stereocenters. The number of hydrogen-bond donors (Lipinski definition) is 2. The normalized spacial score (nSPS) is 15.9. The second-order valence-electron chi connectivity index (χ2n) is 5.46. The quantitative estimate of drug-likeness (QED) is 0.623. The van der Waals surface area contributed by atoms with E-state index in [1.165, 1.54) is 6.07 Å². The lowest BCUT2D eigenvalue weighted by atomic mass is 9.74. The van der Waals surface area contributed by atoms with E-state index in [0.717, 1.165) is 25.7 Å². The van der Waals surface area contributed by atoms with E-state index >= 15 is 0 Å². The smallest absolute Gasteiger partial charge is 0.293 e. The van der Waals surface area contributed by atoms with Crippen LogP contribution in [-0.4, -0.2) is 22.9 Å². The lowest BCUT2D eigenvalue weighted by Crippen LogP contribution is -2.44. The molecule has 114 valence electrons. The molecule has 0 heterocycles. The maximum absolute atomic E-state index is 11.8. The number of hydrogen-bond acceptors (Lipinski definition) is 4. The highest BCUT2D eigenvalue weighted by Gasteiger charge is 2.36. The van der Waals surface area contributed by atoms with Gasteiger partial charge in [-0.25, -0.2) is 0 Å². The summed E-state index contributed by atoms with van der Waals surface area (Å²) in [7, 11) is 0. The second kappa shape index (κ2) is 6.11. The number of carbonyl (C=O) groups excluding carboxylic acids is 1. The lowest BCUT2D eigenvalue weighted by molar-refractivity contribution is -0.384. The van der Waals surface area contributed by atoms with Crippen LogP contribution in [0, 0.1) is 10.1 Å². The van der Waals surface area contributed by atoms with Crippen LogP contribution in [0.1, 0.15) is 49.9 Å². The van der Waals surface area contributed by atoms with Gasteiger partial charge >= 0.3 is 0 Å². The van der Waals surface area contributed by atoms with E-state index in [9.17, 15) is 14.9 Å². The number of anilines is 1. The van der Waals surface area contributed by atoms with Crippen LogP contribution < -0.4 is 10.6 Å². The van der Waals surface area contributed by atoms with E-state index in [0.29, 0.717) is 17.8 Å². The molecular formula is C15H21N3O3. The van der Waals surface area contributed by atoms with Gasteiger partial charge in [-0.15, -0.1) is 0 Å². The summed E-state index contributed by atoms with van der Waals surface area (Å²) in [6.45, 7) is 4.39. The Labute approximate surface area is 124 Å². The summed E-state index contributed by atoms with van der Waals surface area (Å²) in [5.74, 6) is -0.291. The van der Waals surface area contributed by atoms with Crippen molar-refractivity contribution < 1.29 is 9.72 Å². The molecule has 1 aliphatic carbocycles. The largest absolute Gasteiger partial charge is 0.374 e. The van der Waals surface area contributed by atoms with Gasteiger partial charge in [0.25, 0.3) is 11.6 Å². The molecule has 1 aliphatic rings. The summed E-state index contributed by atoms with van der Waals surface area (Å²) in [5, 5.41) is 17.2. The number of nitrogens with zero attached hydrogens (tertiary/aromatic N) is 1. The molecular weight excluding hydrogens is 270 g/mol. The van der Waals surface area contributed by atoms with Gasteiger partial charge in [0.2, 0.25) is 0 Å². The Morgan fingerprint density at radius 3 is 2.57 bits per heavy atom. The van der Waals surface area contributed by atoms with Crippen molar-refractivity contribution in [3.8, 4) is 0 Å². The Bertz CT molecular complexity index is 548. The van der Waals surface area contributed by atoms with Gasteiger partial charge in [0.05, 0.1) is 4.92 Å². The van der Waals surface area contributed by atoms with Crippen molar-refractivity contribution in [1.29, 1.82) is 0 Å². The van der Waals surface area contributed by atoms with Crippen molar-refractivity contribution in [3.63, 3.8) is 0 Å². The standard InChI is InChI=1S/C15H21N3O3/c1-3-15(8-5-9-15)17-12-7-6-11(14(19)16-4-2)10-13(12)18(20)21/h6-7,10,17H,3-5,8-9H2,1-2H3,(H,16,19). The van der Waals surface area contributed by atoms with Crippen LogP contribution in [0.2, 0.25) is 0 Å². The highest BCUT2D eigenvalue weighted by atomic mass is 16.6. The minimum Gasteiger partial charge on any atom is -0.374 e. The first kappa shape index (κ1) is 15.3. The number of nitro benzene ring substituents is 1. The molecule has 0 unspecified atom stereocenters. The number of carbonyl (C=O) groups is 1. The van der Waals surface area contributed by atoms with Gasteiger partial charge in [0.15, 0.2) is 0 Å². The van der Waals surface area contributed by atoms with Crippen molar-refractivity contribution in [3.05, 3.63) is 33.9 Å². The predicted octanol–water partition coefficient (Wildman–Crippen LogP) is 3.09. The SMILES string of the molecule is CCNC(=O)c1ccc(NC2(CC)CCC2)c([N+](=O)[O-])c1. The van der Waals surface area contributed by atoms with Crippen LogP contribution in [0.15, 0.2) is 18.2 Å². The minimum atomic E-state index is -0.437. The molecule has 1 amide bonds. The summed E-state index contributed by atoms with van der Waals surface area (Å²) in [6, 6.07) is 4.61. The summed E-state index contributed by atoms with van der Waals surface area (Å²) in [5.41, 5.74) is 0.735. The predicted molar refractivity (Wildman–Crippen MR) is 81.6 cm³/mol. The van der Waals surface area contributed by atoms with Gasteiger partial charge in [0.1, 0.15) is 5.69 Å². The van der Waals surface area contributed by atoms with E-state index in [1.54, 1.807) is 12.1 Å². The Morgan fingerprint density at radius 1 is 1.38 bits per heavy atom. The number of nitrogens with one attached hydrogen (secondary N) is 2. The lowest BCUT2D eigenvalue weighted by Gasteiger charge is -2.42. The van der Waals surface area contributed by atoms with E-state index in [4.69, 9.17) is 0 Å². The van der Waals surface area contributed by atoms with Gasteiger partial charge in [-0.1, -0.05) is 6.92 Å². The molecule has 1 fully saturated rings. The van der Waals surface area contributed by atoms with Crippen LogP contribution in [0.4, 0.5) is 11.4 Å². The van der Waals surface area contributed by atoms with E-state index in [1.807, 2.05) is 6.92 Å². The van der Waals surface area contributed by atoms with Crippen molar-refractivity contribution in [1.82, 2.24) is 5.32 Å². The summed E-state index contributed by atoms with van der Waals surface area (Å²) in [4.78, 5) is 22.6. The molecule has 21 heavy (non-hydrogen) atoms. The number of rotatable bonds is 6. The molecule has 6 heteroatoms. The molecule has 0 radical (unpaired) electrons. The average Bonchev–Trinajstić information content (AvgIpc) is 2.43. The summed E-state index contributed by atoms with van der Waals surface area (Å²) >= 11 is 0. The van der Waals surface area contributed by atoms with E-state index < -0.39 is 4.92 Å². The monoisotopic (exact) mass is 291 g/mol. The first-order valence-electron chi connectivity index (χ1n) is 7.36. The molecule has 6 nitrogen and oxygen atoms in total. The third-order valence-electron chi connectivity index (χ3n) is 4.18. The minimum absolute atomic E-state index is 0.0298. The first-order chi connectivity index (χ1) is 10.0. The fourth-order valence-corrected chi connectivity index (χ4v) is 2.65. The van der Waals surface area contributed by atoms with Crippen molar-refractivity contribution in [2.45, 2.75) is 45.1 Å². The third kappa shape index (κ3) is 3.15. The van der Waals surface area contributed by atoms with Crippen LogP contribution in [0.25, 0.3) is 0 Å². The molecule has 2 N–H and O–H groups in total. The Morgan fingerprint density at radius 2 is 2.10 bits per heavy atom. The molecule has 0 aromatic heterocycles. The molecule has 0 spiro atoms. The molecule has 0 saturated heterocycles. The van der Waals surface area contributed by atoms with Crippen molar-refractivity contribution in [2.75, 3.05) is 11.9 Å². The highest BCUT2D eigenvalue weighted by molar-refractivity contribution is 5.95.